The lowest BCUT2D eigenvalue weighted by Crippen LogP contribution is -2.67. The first-order valence-electron chi connectivity index (χ1n) is 9.83. The van der Waals surface area contributed by atoms with Crippen LogP contribution in [0.1, 0.15) is 32.6 Å². The van der Waals surface area contributed by atoms with E-state index in [4.69, 9.17) is 0 Å². The fraction of sp³-hybridized carbons (Fsp3) is 0.900. The van der Waals surface area contributed by atoms with E-state index in [0.717, 1.165) is 37.8 Å². The topological polar surface area (TPSA) is 63.9 Å². The molecule has 3 heterocycles. The van der Waals surface area contributed by atoms with E-state index >= 15 is 0 Å². The highest BCUT2D eigenvalue weighted by Crippen LogP contribution is 2.86. The van der Waals surface area contributed by atoms with Gasteiger partial charge >= 0.3 is 0 Å². The van der Waals surface area contributed by atoms with Gasteiger partial charge in [-0.25, -0.2) is 0 Å². The smallest absolute Gasteiger partial charge is 0.0679 e. The van der Waals surface area contributed by atoms with E-state index in [1.807, 2.05) is 0 Å². The number of piperidine rings is 2. The standard InChI is InChI=1S/C20H27NO3/c1-8-3-19-6-10-15-18(2)4-9(22)5-20(15)16(19)14(24)11(8)13(23)12(19)17(20)21(10)7-18/h9-17,22-24H,1,3-7H2,2H3/t9-,10+,11?,12+,13+,14+,15+,16+,17?,18-,19?,20?/m0/s1. The largest absolute Gasteiger partial charge is 0.393 e. The minimum atomic E-state index is -0.460. The first-order chi connectivity index (χ1) is 11.4. The van der Waals surface area contributed by atoms with E-state index in [1.165, 1.54) is 0 Å². The third-order valence-electron chi connectivity index (χ3n) is 10.1. The summed E-state index contributed by atoms with van der Waals surface area (Å²) < 4.78 is 0. The molecule has 9 aliphatic rings. The molecular formula is C20H27NO3. The van der Waals surface area contributed by atoms with Gasteiger partial charge in [0.2, 0.25) is 0 Å². The molecule has 24 heavy (non-hydrogen) atoms. The Morgan fingerprint density at radius 1 is 1.08 bits per heavy atom. The van der Waals surface area contributed by atoms with Crippen molar-refractivity contribution >= 4 is 0 Å². The molecule has 130 valence electrons. The van der Waals surface area contributed by atoms with Crippen LogP contribution in [0.4, 0.5) is 0 Å². The molecule has 0 aromatic heterocycles. The van der Waals surface area contributed by atoms with Crippen LogP contribution < -0.4 is 0 Å². The highest BCUT2D eigenvalue weighted by molar-refractivity contribution is 5.43. The SMILES string of the molecule is C=C1CC23C[C@@H]4[C@H]5C67C[C@@H](O)C[C@@]5(C)CN4C6[C@H]2[C@H](O)C1[C@@H](O)[C@H]37. The zero-order valence-electron chi connectivity index (χ0n) is 14.2. The molecule has 9 fully saturated rings. The Morgan fingerprint density at radius 3 is 2.67 bits per heavy atom. The van der Waals surface area contributed by atoms with Crippen LogP contribution >= 0.6 is 0 Å². The molecule has 0 aromatic carbocycles. The van der Waals surface area contributed by atoms with Crippen molar-refractivity contribution < 1.29 is 15.3 Å². The molecule has 0 amide bonds. The van der Waals surface area contributed by atoms with Gasteiger partial charge in [-0.3, -0.25) is 4.90 Å². The zero-order valence-corrected chi connectivity index (χ0v) is 14.2. The second-order valence-corrected chi connectivity index (χ2v) is 10.8. The lowest BCUT2D eigenvalue weighted by Gasteiger charge is -2.65. The monoisotopic (exact) mass is 329 g/mol. The van der Waals surface area contributed by atoms with Gasteiger partial charge in [-0.15, -0.1) is 0 Å². The summed E-state index contributed by atoms with van der Waals surface area (Å²) in [7, 11) is 0. The molecule has 4 heteroatoms. The molecule has 9 bridgehead atoms. The van der Waals surface area contributed by atoms with Crippen molar-refractivity contribution in [1.29, 1.82) is 0 Å². The second-order valence-electron chi connectivity index (χ2n) is 10.8. The van der Waals surface area contributed by atoms with E-state index in [-0.39, 0.29) is 40.1 Å². The van der Waals surface area contributed by atoms with Crippen LogP contribution in [0.2, 0.25) is 0 Å². The van der Waals surface area contributed by atoms with Crippen LogP contribution in [-0.2, 0) is 0 Å². The molecule has 3 saturated heterocycles. The average Bonchev–Trinajstić information content (AvgIpc) is 2.88. The van der Waals surface area contributed by atoms with Gasteiger partial charge in [-0.1, -0.05) is 19.1 Å². The van der Waals surface area contributed by atoms with E-state index in [0.29, 0.717) is 18.0 Å². The molecule has 3 aliphatic heterocycles. The Labute approximate surface area is 142 Å². The summed E-state index contributed by atoms with van der Waals surface area (Å²) in [6.45, 7) is 7.72. The first-order valence-corrected chi connectivity index (χ1v) is 9.83. The Balaban J connectivity index is 1.54. The maximum atomic E-state index is 11.3. The van der Waals surface area contributed by atoms with Crippen LogP contribution in [0.25, 0.3) is 0 Å². The predicted octanol–water partition coefficient (Wildman–Crippen LogP) is 0.764. The summed E-state index contributed by atoms with van der Waals surface area (Å²) >= 11 is 0. The maximum absolute atomic E-state index is 11.3. The summed E-state index contributed by atoms with van der Waals surface area (Å²) in [5.74, 6) is 1.02. The molecule has 2 spiro atoms. The van der Waals surface area contributed by atoms with Crippen molar-refractivity contribution in [2.24, 2.45) is 39.9 Å². The number of nitrogens with zero attached hydrogens (tertiary/aromatic N) is 1. The number of hydrogen-bond acceptors (Lipinski definition) is 4. The second kappa shape index (κ2) is 3.40. The quantitative estimate of drug-likeness (QED) is 0.574. The van der Waals surface area contributed by atoms with E-state index in [1.54, 1.807) is 0 Å². The van der Waals surface area contributed by atoms with Crippen molar-refractivity contribution in [3.8, 4) is 0 Å². The fourth-order valence-electron chi connectivity index (χ4n) is 10.7. The van der Waals surface area contributed by atoms with Crippen LogP contribution in [0.15, 0.2) is 12.2 Å². The Kier molecular flexibility index (Phi) is 1.95. The lowest BCUT2D eigenvalue weighted by atomic mass is 9.39. The number of aliphatic hydroxyl groups excluding tert-OH is 3. The van der Waals surface area contributed by atoms with Crippen molar-refractivity contribution in [3.05, 3.63) is 12.2 Å². The highest BCUT2D eigenvalue weighted by atomic mass is 16.3. The summed E-state index contributed by atoms with van der Waals surface area (Å²) in [6, 6.07) is 0.999. The first kappa shape index (κ1) is 13.7. The van der Waals surface area contributed by atoms with Crippen molar-refractivity contribution in [3.63, 3.8) is 0 Å². The fourth-order valence-corrected chi connectivity index (χ4v) is 10.7. The van der Waals surface area contributed by atoms with Crippen molar-refractivity contribution in [1.82, 2.24) is 4.90 Å². The van der Waals surface area contributed by atoms with Crippen molar-refractivity contribution in [2.45, 2.75) is 63.0 Å². The number of rotatable bonds is 0. The zero-order chi connectivity index (χ0) is 16.4. The average molecular weight is 329 g/mol. The van der Waals surface area contributed by atoms with E-state index in [2.05, 4.69) is 18.4 Å². The molecular weight excluding hydrogens is 302 g/mol. The molecule has 6 saturated carbocycles. The molecule has 0 aromatic rings. The third kappa shape index (κ3) is 0.980. The summed E-state index contributed by atoms with van der Waals surface area (Å²) in [5.41, 5.74) is 1.37. The van der Waals surface area contributed by atoms with Crippen LogP contribution in [-0.4, -0.2) is 57.2 Å². The van der Waals surface area contributed by atoms with E-state index in [9.17, 15) is 15.3 Å². The van der Waals surface area contributed by atoms with Gasteiger partial charge in [0.1, 0.15) is 0 Å². The van der Waals surface area contributed by atoms with Crippen LogP contribution in [0.3, 0.4) is 0 Å². The minimum Gasteiger partial charge on any atom is -0.393 e. The summed E-state index contributed by atoms with van der Waals surface area (Å²) in [4.78, 5) is 2.73. The lowest BCUT2D eigenvalue weighted by molar-refractivity contribution is -0.213. The Bertz CT molecular complexity index is 709. The van der Waals surface area contributed by atoms with Crippen molar-refractivity contribution in [2.75, 3.05) is 6.54 Å². The number of aliphatic hydroxyl groups is 3. The number of fused-ring (bicyclic) bond motifs is 1. The highest BCUT2D eigenvalue weighted by Gasteiger charge is 2.90. The Hall–Kier alpha value is -0.420. The van der Waals surface area contributed by atoms with E-state index < -0.39 is 12.2 Å². The third-order valence-corrected chi connectivity index (χ3v) is 10.1. The van der Waals surface area contributed by atoms with Gasteiger partial charge < -0.3 is 15.3 Å². The van der Waals surface area contributed by atoms with Crippen LogP contribution in [0.5, 0.6) is 0 Å². The molecule has 4 nitrogen and oxygen atoms in total. The minimum absolute atomic E-state index is 0.0358. The van der Waals surface area contributed by atoms with Gasteiger partial charge in [0, 0.05) is 30.5 Å². The van der Waals surface area contributed by atoms with Gasteiger partial charge in [0.15, 0.2) is 0 Å². The van der Waals surface area contributed by atoms with Gasteiger partial charge in [0.25, 0.3) is 0 Å². The Morgan fingerprint density at radius 2 is 1.88 bits per heavy atom. The van der Waals surface area contributed by atoms with Gasteiger partial charge in [-0.2, -0.15) is 0 Å². The molecule has 5 unspecified atom stereocenters. The van der Waals surface area contributed by atoms with Crippen LogP contribution in [0, 0.1) is 39.9 Å². The maximum Gasteiger partial charge on any atom is 0.0679 e. The normalized spacial score (nSPS) is 76.1. The predicted molar refractivity (Wildman–Crippen MR) is 86.8 cm³/mol. The molecule has 0 radical (unpaired) electrons. The molecule has 13 atom stereocenters. The van der Waals surface area contributed by atoms with Gasteiger partial charge in [-0.05, 0) is 53.8 Å². The summed E-state index contributed by atoms with van der Waals surface area (Å²) in [6.07, 6.45) is 2.76. The van der Waals surface area contributed by atoms with Gasteiger partial charge in [0.05, 0.1) is 18.3 Å². The molecule has 9 rings (SSSR count). The number of hydrogen-bond donors (Lipinski definition) is 3. The molecule has 3 N–H and O–H groups in total. The molecule has 6 aliphatic carbocycles. The summed E-state index contributed by atoms with van der Waals surface area (Å²) in [5, 5.41) is 33.3.